The highest BCUT2D eigenvalue weighted by molar-refractivity contribution is 9.10. The molecule has 0 atom stereocenters. The summed E-state index contributed by atoms with van der Waals surface area (Å²) in [5.74, 6) is 5.07. The third-order valence-electron chi connectivity index (χ3n) is 1.41. The molecule has 1 aromatic carbocycles. The fourth-order valence-electron chi connectivity index (χ4n) is 0.872. The van der Waals surface area contributed by atoms with E-state index in [0.29, 0.717) is 0 Å². The van der Waals surface area contributed by atoms with E-state index >= 15 is 0 Å². The third kappa shape index (κ3) is 2.25. The Morgan fingerprint density at radius 3 is 2.92 bits per heavy atom. The number of hydrazone groups is 1. The molecule has 0 aliphatic carbocycles. The van der Waals surface area contributed by atoms with Crippen LogP contribution in [-0.4, -0.2) is 12.5 Å². The highest BCUT2D eigenvalue weighted by Crippen LogP contribution is 2.23. The number of hydrogen-bond donors (Lipinski definition) is 1. The van der Waals surface area contributed by atoms with Crippen LogP contribution in [0.2, 0.25) is 0 Å². The highest BCUT2D eigenvalue weighted by atomic mass is 79.9. The van der Waals surface area contributed by atoms with Crippen molar-refractivity contribution in [2.45, 2.75) is 4.90 Å². The van der Waals surface area contributed by atoms with E-state index < -0.39 is 0 Å². The van der Waals surface area contributed by atoms with Gasteiger partial charge in [-0.2, -0.15) is 5.10 Å². The lowest BCUT2D eigenvalue weighted by molar-refractivity contribution is 1.25. The monoisotopic (exact) mass is 244 g/mol. The van der Waals surface area contributed by atoms with Gasteiger partial charge in [-0.1, -0.05) is 22.0 Å². The number of halogens is 1. The first-order valence-corrected chi connectivity index (χ1v) is 5.36. The van der Waals surface area contributed by atoms with Crippen LogP contribution < -0.4 is 5.84 Å². The second kappa shape index (κ2) is 4.52. The van der Waals surface area contributed by atoms with Gasteiger partial charge in [-0.05, 0) is 18.4 Å². The lowest BCUT2D eigenvalue weighted by Gasteiger charge is -2.01. The van der Waals surface area contributed by atoms with Crippen LogP contribution in [0.25, 0.3) is 0 Å². The lowest BCUT2D eigenvalue weighted by Crippen LogP contribution is -1.88. The largest absolute Gasteiger partial charge is 0.323 e. The zero-order valence-electron chi connectivity index (χ0n) is 6.62. The van der Waals surface area contributed by atoms with Gasteiger partial charge < -0.3 is 5.84 Å². The highest BCUT2D eigenvalue weighted by Gasteiger charge is 1.98. The fraction of sp³-hybridized carbons (Fsp3) is 0.125. The third-order valence-corrected chi connectivity index (χ3v) is 2.70. The minimum atomic E-state index is 1.05. The zero-order chi connectivity index (χ0) is 8.97. The van der Waals surface area contributed by atoms with Crippen LogP contribution in [0.5, 0.6) is 0 Å². The maximum atomic E-state index is 5.07. The number of rotatable bonds is 2. The maximum absolute atomic E-state index is 5.07. The van der Waals surface area contributed by atoms with Crippen molar-refractivity contribution < 1.29 is 0 Å². The van der Waals surface area contributed by atoms with Crippen LogP contribution >= 0.6 is 27.7 Å². The number of hydrogen-bond acceptors (Lipinski definition) is 3. The van der Waals surface area contributed by atoms with Crippen LogP contribution in [-0.2, 0) is 0 Å². The summed E-state index contributed by atoms with van der Waals surface area (Å²) in [7, 11) is 0. The van der Waals surface area contributed by atoms with E-state index in [0.717, 1.165) is 10.0 Å². The topological polar surface area (TPSA) is 38.4 Å². The SMILES string of the molecule is CSc1cc(Br)ccc1/C=N/N. The Hall–Kier alpha value is -0.480. The molecule has 0 aliphatic rings. The number of thioether (sulfide) groups is 1. The van der Waals surface area contributed by atoms with Crippen molar-refractivity contribution in [2.75, 3.05) is 6.26 Å². The molecule has 0 aliphatic heterocycles. The standard InChI is InChI=1S/C8H9BrN2S/c1-12-8-4-7(9)3-2-6(8)5-11-10/h2-5H,10H2,1H3/b11-5+. The van der Waals surface area contributed by atoms with Crippen molar-refractivity contribution in [2.24, 2.45) is 10.9 Å². The van der Waals surface area contributed by atoms with Gasteiger partial charge in [0.15, 0.2) is 0 Å². The summed E-state index contributed by atoms with van der Waals surface area (Å²) in [4.78, 5) is 1.17. The van der Waals surface area contributed by atoms with Crippen LogP contribution in [0.4, 0.5) is 0 Å². The van der Waals surface area contributed by atoms with Crippen LogP contribution in [0.1, 0.15) is 5.56 Å². The molecule has 0 amide bonds. The Balaban J connectivity index is 3.10. The molecular weight excluding hydrogens is 236 g/mol. The minimum absolute atomic E-state index is 1.05. The Kier molecular flexibility index (Phi) is 3.62. The van der Waals surface area contributed by atoms with E-state index in [1.807, 2.05) is 24.5 Å². The van der Waals surface area contributed by atoms with Gasteiger partial charge in [0.05, 0.1) is 6.21 Å². The summed E-state index contributed by atoms with van der Waals surface area (Å²) in [6, 6.07) is 5.99. The number of nitrogens with two attached hydrogens (primary N) is 1. The van der Waals surface area contributed by atoms with Gasteiger partial charge in [-0.15, -0.1) is 11.8 Å². The van der Waals surface area contributed by atoms with Crippen LogP contribution in [0, 0.1) is 0 Å². The molecule has 2 N–H and O–H groups in total. The Bertz CT molecular complexity index is 299. The Morgan fingerprint density at radius 2 is 2.33 bits per heavy atom. The predicted molar refractivity (Wildman–Crippen MR) is 57.7 cm³/mol. The molecule has 12 heavy (non-hydrogen) atoms. The summed E-state index contributed by atoms with van der Waals surface area (Å²) >= 11 is 5.07. The van der Waals surface area contributed by atoms with Crippen molar-refractivity contribution >= 4 is 33.9 Å². The van der Waals surface area contributed by atoms with Gasteiger partial charge in [0.25, 0.3) is 0 Å². The Labute approximate surface area is 84.4 Å². The summed E-state index contributed by atoms with van der Waals surface area (Å²) in [6.07, 6.45) is 3.67. The number of nitrogens with zero attached hydrogens (tertiary/aromatic N) is 1. The average molecular weight is 245 g/mol. The molecule has 0 bridgehead atoms. The second-order valence-electron chi connectivity index (χ2n) is 2.16. The molecular formula is C8H9BrN2S. The molecule has 1 aromatic rings. The second-order valence-corrected chi connectivity index (χ2v) is 3.93. The molecule has 0 unspecified atom stereocenters. The summed E-state index contributed by atoms with van der Waals surface area (Å²) in [5, 5.41) is 3.49. The molecule has 64 valence electrons. The molecule has 0 saturated heterocycles. The van der Waals surface area contributed by atoms with E-state index in [-0.39, 0.29) is 0 Å². The number of benzene rings is 1. The molecule has 0 radical (unpaired) electrons. The van der Waals surface area contributed by atoms with Crippen molar-refractivity contribution in [1.82, 2.24) is 0 Å². The molecule has 0 heterocycles. The first-order chi connectivity index (χ1) is 5.77. The van der Waals surface area contributed by atoms with Crippen molar-refractivity contribution in [3.05, 3.63) is 28.2 Å². The van der Waals surface area contributed by atoms with Gasteiger partial charge >= 0.3 is 0 Å². The lowest BCUT2D eigenvalue weighted by atomic mass is 10.2. The molecule has 0 saturated carbocycles. The first-order valence-electron chi connectivity index (χ1n) is 3.34. The smallest absolute Gasteiger partial charge is 0.0549 e. The maximum Gasteiger partial charge on any atom is 0.0549 e. The normalized spacial score (nSPS) is 10.8. The van der Waals surface area contributed by atoms with Gasteiger partial charge in [0, 0.05) is 14.9 Å². The molecule has 0 spiro atoms. The van der Waals surface area contributed by atoms with Gasteiger partial charge in [0.2, 0.25) is 0 Å². The molecule has 4 heteroatoms. The van der Waals surface area contributed by atoms with E-state index in [1.165, 1.54) is 4.90 Å². The van der Waals surface area contributed by atoms with Crippen LogP contribution in [0.15, 0.2) is 32.7 Å². The minimum Gasteiger partial charge on any atom is -0.323 e. The van der Waals surface area contributed by atoms with Crippen LogP contribution in [0.3, 0.4) is 0 Å². The quantitative estimate of drug-likeness (QED) is 0.376. The molecule has 2 nitrogen and oxygen atoms in total. The summed E-state index contributed by atoms with van der Waals surface area (Å²) in [5.41, 5.74) is 1.05. The predicted octanol–water partition coefficient (Wildman–Crippen LogP) is 2.46. The van der Waals surface area contributed by atoms with Crippen molar-refractivity contribution in [3.8, 4) is 0 Å². The van der Waals surface area contributed by atoms with Gasteiger partial charge in [0.1, 0.15) is 0 Å². The molecule has 1 rings (SSSR count). The first kappa shape index (κ1) is 9.61. The van der Waals surface area contributed by atoms with E-state index in [9.17, 15) is 0 Å². The van der Waals surface area contributed by atoms with Gasteiger partial charge in [-0.25, -0.2) is 0 Å². The zero-order valence-corrected chi connectivity index (χ0v) is 9.02. The van der Waals surface area contributed by atoms with E-state index in [4.69, 9.17) is 5.84 Å². The molecule has 0 fully saturated rings. The summed E-state index contributed by atoms with van der Waals surface area (Å²) in [6.45, 7) is 0. The van der Waals surface area contributed by atoms with Crippen molar-refractivity contribution in [3.63, 3.8) is 0 Å². The fourth-order valence-corrected chi connectivity index (χ4v) is 1.99. The molecule has 0 aromatic heterocycles. The van der Waals surface area contributed by atoms with E-state index in [1.54, 1.807) is 18.0 Å². The van der Waals surface area contributed by atoms with Crippen molar-refractivity contribution in [1.29, 1.82) is 0 Å². The summed E-state index contributed by atoms with van der Waals surface area (Å²) < 4.78 is 1.07. The van der Waals surface area contributed by atoms with E-state index in [2.05, 4.69) is 21.0 Å². The average Bonchev–Trinajstić information content (AvgIpc) is 2.08. The Morgan fingerprint density at radius 1 is 1.58 bits per heavy atom. The van der Waals surface area contributed by atoms with Gasteiger partial charge in [-0.3, -0.25) is 0 Å².